The number of para-hydroxylation sites is 1. The molecule has 0 saturated carbocycles. The van der Waals surface area contributed by atoms with Crippen molar-refractivity contribution < 1.29 is 4.79 Å². The standard InChI is InChI=1S/C20H16N4OS/c25-20(22-10-7-15-12-26-13-23-15)17-11-19(14-5-8-21-9-6-14)24-18-4-2-1-3-16(17)18/h1-6,8-9,11-13H,7,10H2,(H,22,25). The lowest BCUT2D eigenvalue weighted by Gasteiger charge is -2.10. The Morgan fingerprint density at radius 2 is 1.96 bits per heavy atom. The van der Waals surface area contributed by atoms with Crippen LogP contribution in [0.15, 0.2) is 65.7 Å². The topological polar surface area (TPSA) is 67.8 Å². The van der Waals surface area contributed by atoms with Crippen LogP contribution in [-0.4, -0.2) is 27.4 Å². The lowest BCUT2D eigenvalue weighted by atomic mass is 10.0. The van der Waals surface area contributed by atoms with Crippen molar-refractivity contribution in [1.82, 2.24) is 20.3 Å². The molecule has 1 aromatic carbocycles. The number of amides is 1. The molecule has 4 aromatic rings. The molecule has 0 radical (unpaired) electrons. The summed E-state index contributed by atoms with van der Waals surface area (Å²) in [6.45, 7) is 0.545. The predicted octanol–water partition coefficient (Wildman–Crippen LogP) is 3.73. The number of carbonyl (C=O) groups excluding carboxylic acids is 1. The molecule has 0 bridgehead atoms. The molecule has 4 rings (SSSR count). The van der Waals surface area contributed by atoms with Crippen LogP contribution in [0.4, 0.5) is 0 Å². The van der Waals surface area contributed by atoms with E-state index in [-0.39, 0.29) is 5.91 Å². The molecule has 6 heteroatoms. The SMILES string of the molecule is O=C(NCCc1cscn1)c1cc(-c2ccncc2)nc2ccccc12. The van der Waals surface area contributed by atoms with Crippen molar-refractivity contribution in [2.75, 3.05) is 6.54 Å². The van der Waals surface area contributed by atoms with Crippen molar-refractivity contribution >= 4 is 28.1 Å². The number of aromatic nitrogens is 3. The second-order valence-corrected chi connectivity index (χ2v) is 6.51. The molecule has 0 fully saturated rings. The number of rotatable bonds is 5. The largest absolute Gasteiger partial charge is 0.352 e. The number of thiazole rings is 1. The Labute approximate surface area is 154 Å². The van der Waals surface area contributed by atoms with Gasteiger partial charge in [0.05, 0.1) is 28.0 Å². The van der Waals surface area contributed by atoms with Crippen molar-refractivity contribution in [1.29, 1.82) is 0 Å². The van der Waals surface area contributed by atoms with E-state index >= 15 is 0 Å². The van der Waals surface area contributed by atoms with Gasteiger partial charge in [-0.3, -0.25) is 9.78 Å². The molecule has 0 aliphatic heterocycles. The zero-order chi connectivity index (χ0) is 17.8. The van der Waals surface area contributed by atoms with Gasteiger partial charge < -0.3 is 5.32 Å². The minimum absolute atomic E-state index is 0.103. The first-order chi connectivity index (χ1) is 12.8. The molecule has 3 aromatic heterocycles. The van der Waals surface area contributed by atoms with Gasteiger partial charge in [-0.2, -0.15) is 0 Å². The number of hydrogen-bond acceptors (Lipinski definition) is 5. The van der Waals surface area contributed by atoms with Crippen LogP contribution in [0.1, 0.15) is 16.1 Å². The Kier molecular flexibility index (Phi) is 4.66. The second-order valence-electron chi connectivity index (χ2n) is 5.79. The third-order valence-electron chi connectivity index (χ3n) is 4.09. The van der Waals surface area contributed by atoms with Gasteiger partial charge in [-0.05, 0) is 24.3 Å². The Morgan fingerprint density at radius 3 is 2.77 bits per heavy atom. The predicted molar refractivity (Wildman–Crippen MR) is 103 cm³/mol. The van der Waals surface area contributed by atoms with Gasteiger partial charge in [-0.25, -0.2) is 9.97 Å². The fraction of sp³-hybridized carbons (Fsp3) is 0.100. The summed E-state index contributed by atoms with van der Waals surface area (Å²) >= 11 is 1.56. The average molecular weight is 360 g/mol. The summed E-state index contributed by atoms with van der Waals surface area (Å²) in [6.07, 6.45) is 4.16. The van der Waals surface area contributed by atoms with E-state index in [4.69, 9.17) is 4.98 Å². The number of nitrogens with one attached hydrogen (secondary N) is 1. The Hall–Kier alpha value is -3.12. The fourth-order valence-corrected chi connectivity index (χ4v) is 3.39. The molecule has 0 aliphatic rings. The first-order valence-electron chi connectivity index (χ1n) is 8.27. The molecule has 0 unspecified atom stereocenters. The molecule has 5 nitrogen and oxygen atoms in total. The lowest BCUT2D eigenvalue weighted by Crippen LogP contribution is -2.26. The van der Waals surface area contributed by atoms with Crippen LogP contribution in [0.3, 0.4) is 0 Å². The van der Waals surface area contributed by atoms with E-state index in [9.17, 15) is 4.79 Å². The maximum Gasteiger partial charge on any atom is 0.252 e. The van der Waals surface area contributed by atoms with E-state index in [1.165, 1.54) is 0 Å². The molecule has 3 heterocycles. The Morgan fingerprint density at radius 1 is 1.12 bits per heavy atom. The summed E-state index contributed by atoms with van der Waals surface area (Å²) < 4.78 is 0. The van der Waals surface area contributed by atoms with Crippen molar-refractivity contribution in [3.8, 4) is 11.3 Å². The first-order valence-corrected chi connectivity index (χ1v) is 9.21. The van der Waals surface area contributed by atoms with E-state index in [0.29, 0.717) is 12.1 Å². The average Bonchev–Trinajstić information content (AvgIpc) is 3.21. The number of fused-ring (bicyclic) bond motifs is 1. The highest BCUT2D eigenvalue weighted by Crippen LogP contribution is 2.24. The zero-order valence-corrected chi connectivity index (χ0v) is 14.7. The number of carbonyl (C=O) groups is 1. The van der Waals surface area contributed by atoms with Crippen LogP contribution in [0.2, 0.25) is 0 Å². The number of benzene rings is 1. The molecule has 0 spiro atoms. The molecule has 1 amide bonds. The van der Waals surface area contributed by atoms with Crippen LogP contribution in [-0.2, 0) is 6.42 Å². The van der Waals surface area contributed by atoms with Crippen molar-refractivity contribution in [2.24, 2.45) is 0 Å². The van der Waals surface area contributed by atoms with Crippen LogP contribution in [0.25, 0.3) is 22.2 Å². The summed E-state index contributed by atoms with van der Waals surface area (Å²) in [5.74, 6) is -0.103. The maximum absolute atomic E-state index is 12.8. The molecule has 1 N–H and O–H groups in total. The van der Waals surface area contributed by atoms with E-state index < -0.39 is 0 Å². The van der Waals surface area contributed by atoms with Gasteiger partial charge in [-0.15, -0.1) is 11.3 Å². The highest BCUT2D eigenvalue weighted by atomic mass is 32.1. The van der Waals surface area contributed by atoms with Gasteiger partial charge in [0.25, 0.3) is 5.91 Å². The van der Waals surface area contributed by atoms with Gasteiger partial charge in [0.15, 0.2) is 0 Å². The molecule has 128 valence electrons. The maximum atomic E-state index is 12.8. The van der Waals surface area contributed by atoms with Crippen LogP contribution < -0.4 is 5.32 Å². The van der Waals surface area contributed by atoms with Gasteiger partial charge in [0.2, 0.25) is 0 Å². The van der Waals surface area contributed by atoms with Crippen LogP contribution in [0, 0.1) is 0 Å². The smallest absolute Gasteiger partial charge is 0.252 e. The monoisotopic (exact) mass is 360 g/mol. The molecule has 0 atom stereocenters. The first kappa shape index (κ1) is 16.4. The van der Waals surface area contributed by atoms with Crippen LogP contribution in [0.5, 0.6) is 0 Å². The lowest BCUT2D eigenvalue weighted by molar-refractivity contribution is 0.0955. The highest BCUT2D eigenvalue weighted by molar-refractivity contribution is 7.07. The van der Waals surface area contributed by atoms with Gasteiger partial charge in [0.1, 0.15) is 0 Å². The second kappa shape index (κ2) is 7.41. The minimum atomic E-state index is -0.103. The van der Waals surface area contributed by atoms with Crippen molar-refractivity contribution in [3.05, 3.63) is 77.0 Å². The summed E-state index contributed by atoms with van der Waals surface area (Å²) in [7, 11) is 0. The highest BCUT2D eigenvalue weighted by Gasteiger charge is 2.13. The summed E-state index contributed by atoms with van der Waals surface area (Å²) in [6, 6.07) is 13.3. The summed E-state index contributed by atoms with van der Waals surface area (Å²) in [4.78, 5) is 25.8. The van der Waals surface area contributed by atoms with E-state index in [2.05, 4.69) is 15.3 Å². The van der Waals surface area contributed by atoms with E-state index in [1.54, 1.807) is 29.2 Å². The van der Waals surface area contributed by atoms with Crippen molar-refractivity contribution in [3.63, 3.8) is 0 Å². The summed E-state index contributed by atoms with van der Waals surface area (Å²) in [5, 5.41) is 5.83. The molecule has 0 aliphatic carbocycles. The Balaban J connectivity index is 1.65. The fourth-order valence-electron chi connectivity index (χ4n) is 2.79. The van der Waals surface area contributed by atoms with E-state index in [1.807, 2.05) is 47.8 Å². The zero-order valence-electron chi connectivity index (χ0n) is 13.9. The van der Waals surface area contributed by atoms with E-state index in [0.717, 1.165) is 34.3 Å². The molecule has 26 heavy (non-hydrogen) atoms. The quantitative estimate of drug-likeness (QED) is 0.589. The number of hydrogen-bond donors (Lipinski definition) is 1. The third-order valence-corrected chi connectivity index (χ3v) is 4.72. The van der Waals surface area contributed by atoms with Gasteiger partial charge in [0, 0.05) is 41.7 Å². The molecular formula is C20H16N4OS. The van der Waals surface area contributed by atoms with Gasteiger partial charge >= 0.3 is 0 Å². The third kappa shape index (κ3) is 3.45. The normalized spacial score (nSPS) is 10.8. The number of pyridine rings is 2. The molecular weight excluding hydrogens is 344 g/mol. The van der Waals surface area contributed by atoms with Crippen LogP contribution >= 0.6 is 11.3 Å². The summed E-state index contributed by atoms with van der Waals surface area (Å²) in [5.41, 5.74) is 5.91. The number of nitrogens with zero attached hydrogens (tertiary/aromatic N) is 3. The van der Waals surface area contributed by atoms with Gasteiger partial charge in [-0.1, -0.05) is 18.2 Å². The minimum Gasteiger partial charge on any atom is -0.352 e. The Bertz CT molecular complexity index is 1030. The van der Waals surface area contributed by atoms with Crippen molar-refractivity contribution in [2.45, 2.75) is 6.42 Å². The molecule has 0 saturated heterocycles.